The summed E-state index contributed by atoms with van der Waals surface area (Å²) in [6, 6.07) is 8.63. The lowest BCUT2D eigenvalue weighted by Crippen LogP contribution is -2.41. The van der Waals surface area contributed by atoms with Crippen molar-refractivity contribution in [3.8, 4) is 0 Å². The molecule has 1 saturated heterocycles. The van der Waals surface area contributed by atoms with Crippen molar-refractivity contribution >= 4 is 11.8 Å². The molecule has 5 nitrogen and oxygen atoms in total. The standard InChI is InChI=1S/C20H28N2O3/c1-25-10-6-2-3-9-19(23)21-17-13-20(24)22(14-17)18-11-15-7-4-5-8-16(15)12-18/h4-5,7-8,17-18H,2-3,6,9-14H2,1H3,(H,21,23)/t17-/m1/s1. The zero-order chi connectivity index (χ0) is 17.6. The molecule has 1 atom stereocenters. The normalized spacial score (nSPS) is 20.1. The predicted octanol–water partition coefficient (Wildman–Crippen LogP) is 2.08. The van der Waals surface area contributed by atoms with Crippen molar-refractivity contribution in [1.29, 1.82) is 0 Å². The number of fused-ring (bicyclic) bond motifs is 1. The number of likely N-dealkylation sites (tertiary alicyclic amines) is 1. The van der Waals surface area contributed by atoms with Crippen LogP contribution in [-0.4, -0.2) is 49.1 Å². The van der Waals surface area contributed by atoms with Gasteiger partial charge in [-0.05, 0) is 36.8 Å². The highest BCUT2D eigenvalue weighted by Gasteiger charge is 2.37. The van der Waals surface area contributed by atoms with Gasteiger partial charge in [-0.25, -0.2) is 0 Å². The summed E-state index contributed by atoms with van der Waals surface area (Å²) in [7, 11) is 1.69. The minimum atomic E-state index is -0.0392. The first-order valence-electron chi connectivity index (χ1n) is 9.32. The van der Waals surface area contributed by atoms with Crippen LogP contribution < -0.4 is 5.32 Å². The molecular formula is C20H28N2O3. The molecule has 5 heteroatoms. The number of rotatable bonds is 8. The Bertz CT molecular complexity index is 592. The van der Waals surface area contributed by atoms with Crippen molar-refractivity contribution in [2.75, 3.05) is 20.3 Å². The molecule has 1 aromatic rings. The van der Waals surface area contributed by atoms with Gasteiger partial charge in [0.1, 0.15) is 0 Å². The Hall–Kier alpha value is -1.88. The summed E-state index contributed by atoms with van der Waals surface area (Å²) in [6.07, 6.45) is 5.69. The van der Waals surface area contributed by atoms with Crippen LogP contribution in [0.5, 0.6) is 0 Å². The van der Waals surface area contributed by atoms with Crippen LogP contribution in [0.3, 0.4) is 0 Å². The Morgan fingerprint density at radius 2 is 1.88 bits per heavy atom. The molecule has 1 heterocycles. The van der Waals surface area contributed by atoms with Gasteiger partial charge in [0.15, 0.2) is 0 Å². The number of hydrogen-bond donors (Lipinski definition) is 1. The van der Waals surface area contributed by atoms with Crippen molar-refractivity contribution in [1.82, 2.24) is 10.2 Å². The molecule has 2 amide bonds. The molecule has 1 N–H and O–H groups in total. The van der Waals surface area contributed by atoms with Crippen molar-refractivity contribution in [2.24, 2.45) is 0 Å². The fourth-order valence-electron chi connectivity index (χ4n) is 3.95. The molecule has 3 rings (SSSR count). The number of methoxy groups -OCH3 is 1. The summed E-state index contributed by atoms with van der Waals surface area (Å²) in [6.45, 7) is 1.39. The highest BCUT2D eigenvalue weighted by Crippen LogP contribution is 2.28. The maximum atomic E-state index is 12.4. The summed E-state index contributed by atoms with van der Waals surface area (Å²) in [5.41, 5.74) is 2.70. The van der Waals surface area contributed by atoms with Gasteiger partial charge in [0.2, 0.25) is 11.8 Å². The molecule has 1 aliphatic heterocycles. The first-order valence-corrected chi connectivity index (χ1v) is 9.32. The summed E-state index contributed by atoms with van der Waals surface area (Å²) in [4.78, 5) is 26.4. The average molecular weight is 344 g/mol. The van der Waals surface area contributed by atoms with Crippen LogP contribution in [-0.2, 0) is 27.2 Å². The number of nitrogens with one attached hydrogen (secondary N) is 1. The molecule has 1 fully saturated rings. The maximum absolute atomic E-state index is 12.4. The number of amides is 2. The second-order valence-electron chi connectivity index (χ2n) is 7.15. The zero-order valence-electron chi connectivity index (χ0n) is 15.0. The molecule has 0 radical (unpaired) electrons. The zero-order valence-corrected chi connectivity index (χ0v) is 15.0. The summed E-state index contributed by atoms with van der Waals surface area (Å²) in [5, 5.41) is 3.04. The third-order valence-corrected chi connectivity index (χ3v) is 5.25. The van der Waals surface area contributed by atoms with Gasteiger partial charge >= 0.3 is 0 Å². The van der Waals surface area contributed by atoms with E-state index in [1.54, 1.807) is 7.11 Å². The highest BCUT2D eigenvalue weighted by atomic mass is 16.5. The van der Waals surface area contributed by atoms with Crippen LogP contribution in [0.4, 0.5) is 0 Å². The van der Waals surface area contributed by atoms with Gasteiger partial charge in [0.25, 0.3) is 0 Å². The second-order valence-corrected chi connectivity index (χ2v) is 7.15. The van der Waals surface area contributed by atoms with Crippen LogP contribution in [0.15, 0.2) is 24.3 Å². The van der Waals surface area contributed by atoms with Gasteiger partial charge in [-0.1, -0.05) is 30.7 Å². The lowest BCUT2D eigenvalue weighted by molar-refractivity contribution is -0.129. The van der Waals surface area contributed by atoms with E-state index in [0.29, 0.717) is 19.4 Å². The van der Waals surface area contributed by atoms with Crippen LogP contribution in [0.2, 0.25) is 0 Å². The number of hydrogen-bond acceptors (Lipinski definition) is 3. The minimum Gasteiger partial charge on any atom is -0.385 e. The molecule has 1 aliphatic carbocycles. The number of carbonyl (C=O) groups excluding carboxylic acids is 2. The van der Waals surface area contributed by atoms with Crippen LogP contribution in [0, 0.1) is 0 Å². The Morgan fingerprint density at radius 3 is 2.56 bits per heavy atom. The summed E-state index contributed by atoms with van der Waals surface area (Å²) < 4.78 is 5.01. The molecule has 136 valence electrons. The van der Waals surface area contributed by atoms with Crippen molar-refractivity contribution in [2.45, 2.75) is 57.0 Å². The van der Waals surface area contributed by atoms with Gasteiger partial charge in [0, 0.05) is 39.1 Å². The Morgan fingerprint density at radius 1 is 1.16 bits per heavy atom. The maximum Gasteiger partial charge on any atom is 0.225 e. The molecule has 0 spiro atoms. The molecule has 0 bridgehead atoms. The van der Waals surface area contributed by atoms with Crippen molar-refractivity contribution in [3.63, 3.8) is 0 Å². The van der Waals surface area contributed by atoms with E-state index in [0.717, 1.165) is 38.7 Å². The molecule has 25 heavy (non-hydrogen) atoms. The number of nitrogens with zero attached hydrogens (tertiary/aromatic N) is 1. The molecule has 2 aliphatic rings. The van der Waals surface area contributed by atoms with Crippen LogP contribution in [0.25, 0.3) is 0 Å². The number of ether oxygens (including phenoxy) is 1. The lowest BCUT2D eigenvalue weighted by Gasteiger charge is -2.24. The van der Waals surface area contributed by atoms with Gasteiger partial charge in [-0.15, -0.1) is 0 Å². The first kappa shape index (κ1) is 17.9. The smallest absolute Gasteiger partial charge is 0.225 e. The van der Waals surface area contributed by atoms with Crippen molar-refractivity contribution < 1.29 is 14.3 Å². The van der Waals surface area contributed by atoms with Crippen LogP contribution >= 0.6 is 0 Å². The molecule has 0 unspecified atom stereocenters. The van der Waals surface area contributed by atoms with E-state index >= 15 is 0 Å². The van der Waals surface area contributed by atoms with Gasteiger partial charge < -0.3 is 15.0 Å². The number of carbonyl (C=O) groups is 2. The Balaban J connectivity index is 1.43. The van der Waals surface area contributed by atoms with E-state index in [9.17, 15) is 9.59 Å². The van der Waals surface area contributed by atoms with E-state index in [2.05, 4.69) is 29.6 Å². The number of unbranched alkanes of at least 4 members (excludes halogenated alkanes) is 2. The number of benzene rings is 1. The molecule has 1 aromatic carbocycles. The average Bonchev–Trinajstić information content (AvgIpc) is 3.17. The van der Waals surface area contributed by atoms with E-state index in [-0.39, 0.29) is 23.9 Å². The fraction of sp³-hybridized carbons (Fsp3) is 0.600. The summed E-state index contributed by atoms with van der Waals surface area (Å²) >= 11 is 0. The molecule has 0 aromatic heterocycles. The van der Waals surface area contributed by atoms with E-state index < -0.39 is 0 Å². The third-order valence-electron chi connectivity index (χ3n) is 5.25. The Kier molecular flexibility index (Phi) is 6.08. The van der Waals surface area contributed by atoms with Gasteiger partial charge in [-0.3, -0.25) is 9.59 Å². The monoisotopic (exact) mass is 344 g/mol. The minimum absolute atomic E-state index is 0.0392. The van der Waals surface area contributed by atoms with Gasteiger partial charge in [-0.2, -0.15) is 0 Å². The van der Waals surface area contributed by atoms with E-state index in [1.807, 2.05) is 4.90 Å². The van der Waals surface area contributed by atoms with E-state index in [4.69, 9.17) is 4.74 Å². The molecular weight excluding hydrogens is 316 g/mol. The van der Waals surface area contributed by atoms with Gasteiger partial charge in [0.05, 0.1) is 6.04 Å². The van der Waals surface area contributed by atoms with Crippen molar-refractivity contribution in [3.05, 3.63) is 35.4 Å². The summed E-state index contributed by atoms with van der Waals surface area (Å²) in [5.74, 6) is 0.231. The molecule has 0 saturated carbocycles. The largest absolute Gasteiger partial charge is 0.385 e. The third kappa shape index (κ3) is 4.60. The first-order chi connectivity index (χ1) is 12.2. The van der Waals surface area contributed by atoms with E-state index in [1.165, 1.54) is 11.1 Å². The topological polar surface area (TPSA) is 58.6 Å². The Labute approximate surface area is 149 Å². The van der Waals surface area contributed by atoms with Crippen LogP contribution in [0.1, 0.15) is 43.2 Å². The predicted molar refractivity (Wildman–Crippen MR) is 96.2 cm³/mol. The SMILES string of the molecule is COCCCCCC(=O)N[C@@H]1CC(=O)N(C2Cc3ccccc3C2)C1. The quantitative estimate of drug-likeness (QED) is 0.735. The highest BCUT2D eigenvalue weighted by molar-refractivity contribution is 5.82. The second kappa shape index (κ2) is 8.48. The fourth-order valence-corrected chi connectivity index (χ4v) is 3.95. The lowest BCUT2D eigenvalue weighted by atomic mass is 10.1.